The van der Waals surface area contributed by atoms with E-state index < -0.39 is 86.8 Å². The van der Waals surface area contributed by atoms with Crippen LogP contribution in [0.3, 0.4) is 0 Å². The van der Waals surface area contributed by atoms with Crippen molar-refractivity contribution >= 4 is 5.91 Å². The number of carbonyl (C=O) groups excluding carboxylic acids is 1. The lowest BCUT2D eigenvalue weighted by Gasteiger charge is -2.46. The largest absolute Gasteiger partial charge is 0.394 e. The topological polar surface area (TPSA) is 228 Å². The van der Waals surface area contributed by atoms with Gasteiger partial charge in [-0.05, 0) is 57.8 Å². The Morgan fingerprint density at radius 2 is 0.821 bits per heavy atom. The molecule has 2 heterocycles. The number of hydrogen-bond acceptors (Lipinski definition) is 13. The number of ether oxygens (including phenoxy) is 4. The van der Waals surface area contributed by atoms with E-state index in [-0.39, 0.29) is 18.9 Å². The van der Waals surface area contributed by atoms with Crippen LogP contribution in [0.15, 0.2) is 36.5 Å². The van der Waals surface area contributed by atoms with Crippen LogP contribution in [0.1, 0.15) is 271 Å². The smallest absolute Gasteiger partial charge is 0.220 e. The fourth-order valence-corrected chi connectivity index (χ4v) is 10.6. The fourth-order valence-electron chi connectivity index (χ4n) is 10.6. The molecule has 0 bridgehead atoms. The Labute approximate surface area is 474 Å². The molecule has 2 rings (SSSR count). The van der Waals surface area contributed by atoms with Crippen molar-refractivity contribution in [1.82, 2.24) is 5.32 Å². The van der Waals surface area contributed by atoms with Crippen molar-refractivity contribution < 1.29 is 64.6 Å². The van der Waals surface area contributed by atoms with Crippen LogP contribution >= 0.6 is 0 Å². The monoisotopic (exact) mass is 1110 g/mol. The van der Waals surface area contributed by atoms with Crippen LogP contribution in [-0.4, -0.2) is 140 Å². The van der Waals surface area contributed by atoms with Gasteiger partial charge in [0.05, 0.1) is 32.0 Å². The zero-order valence-corrected chi connectivity index (χ0v) is 49.4. The van der Waals surface area contributed by atoms with E-state index in [9.17, 15) is 45.6 Å². The minimum Gasteiger partial charge on any atom is -0.394 e. The molecule has 12 atom stereocenters. The molecular formula is C64H119NO13. The normalized spacial score (nSPS) is 24.7. The average molecular weight is 1110 g/mol. The van der Waals surface area contributed by atoms with Crippen molar-refractivity contribution in [3.63, 3.8) is 0 Å². The number of amides is 1. The molecule has 2 aliphatic rings. The Bertz CT molecular complexity index is 1450. The standard InChI is InChI=1S/C64H119NO13/c1-3-5-7-9-11-13-15-17-19-20-21-22-23-24-25-26-27-28-29-30-31-32-34-35-37-39-41-43-45-47-53(68)52(65-56(69)48-46-44-42-40-38-36-33-18-16-14-12-10-8-6-4-2)51-75-63-61(74)59(72)62(55(50-67)77-63)78-64-60(73)58(71)57(70)54(49-66)76-64/h18,33,37,39,45,47,52-55,57-64,66-68,70-74H,3-17,19-32,34-36,38,40-44,46,48-51H2,1-2H3,(H,65,69)/b33-18-,39-37+,47-45+. The molecule has 2 aliphatic heterocycles. The van der Waals surface area contributed by atoms with E-state index in [1.54, 1.807) is 6.08 Å². The minimum atomic E-state index is -1.79. The molecule has 0 aromatic rings. The van der Waals surface area contributed by atoms with Gasteiger partial charge in [0.15, 0.2) is 12.6 Å². The summed E-state index contributed by atoms with van der Waals surface area (Å²) in [5.41, 5.74) is 0. The van der Waals surface area contributed by atoms with Crippen molar-refractivity contribution in [2.45, 2.75) is 344 Å². The zero-order valence-electron chi connectivity index (χ0n) is 49.4. The van der Waals surface area contributed by atoms with E-state index >= 15 is 0 Å². The molecule has 1 amide bonds. The van der Waals surface area contributed by atoms with Gasteiger partial charge in [0.2, 0.25) is 5.91 Å². The van der Waals surface area contributed by atoms with E-state index in [1.165, 1.54) is 186 Å². The van der Waals surface area contributed by atoms with E-state index in [2.05, 4.69) is 43.5 Å². The first-order valence-electron chi connectivity index (χ1n) is 32.2. The SMILES string of the molecule is CCCCCCCC/C=C\CCCCCCCC(=O)NC(COC1OC(CO)C(OC2OC(CO)C(O)C(O)C2O)C(O)C1O)C(O)/C=C/CC/C=C/CCCCCCCCCCCCCCCCCCCCCCCCC. The van der Waals surface area contributed by atoms with Gasteiger partial charge in [0.1, 0.15) is 48.8 Å². The van der Waals surface area contributed by atoms with E-state index in [4.69, 9.17) is 18.9 Å². The summed E-state index contributed by atoms with van der Waals surface area (Å²) in [5.74, 6) is -0.256. The predicted molar refractivity (Wildman–Crippen MR) is 314 cm³/mol. The first kappa shape index (κ1) is 72.3. The van der Waals surface area contributed by atoms with Crippen molar-refractivity contribution in [1.29, 1.82) is 0 Å². The molecule has 14 heteroatoms. The second kappa shape index (κ2) is 49.8. The molecule has 12 unspecified atom stereocenters. The lowest BCUT2D eigenvalue weighted by molar-refractivity contribution is -0.359. The number of nitrogens with one attached hydrogen (secondary N) is 1. The van der Waals surface area contributed by atoms with Gasteiger partial charge in [-0.3, -0.25) is 4.79 Å². The number of unbranched alkanes of at least 4 members (excludes halogenated alkanes) is 35. The highest BCUT2D eigenvalue weighted by Gasteiger charge is 2.51. The maximum absolute atomic E-state index is 13.2. The van der Waals surface area contributed by atoms with Gasteiger partial charge in [0, 0.05) is 6.42 Å². The number of aliphatic hydroxyl groups excluding tert-OH is 8. The lowest BCUT2D eigenvalue weighted by Crippen LogP contribution is -2.65. The van der Waals surface area contributed by atoms with Crippen LogP contribution in [-0.2, 0) is 23.7 Å². The first-order valence-corrected chi connectivity index (χ1v) is 32.2. The van der Waals surface area contributed by atoms with Crippen molar-refractivity contribution in [2.75, 3.05) is 19.8 Å². The molecule has 9 N–H and O–H groups in total. The lowest BCUT2D eigenvalue weighted by atomic mass is 9.97. The van der Waals surface area contributed by atoms with Crippen LogP contribution in [0, 0.1) is 0 Å². The molecule has 0 aromatic heterocycles. The number of hydrogen-bond donors (Lipinski definition) is 9. The van der Waals surface area contributed by atoms with Crippen LogP contribution in [0.2, 0.25) is 0 Å². The molecule has 0 radical (unpaired) electrons. The third-order valence-electron chi connectivity index (χ3n) is 15.8. The summed E-state index contributed by atoms with van der Waals surface area (Å²) in [6.45, 7) is 2.79. The zero-order chi connectivity index (χ0) is 56.7. The van der Waals surface area contributed by atoms with Gasteiger partial charge in [-0.15, -0.1) is 0 Å². The number of carbonyl (C=O) groups is 1. The average Bonchev–Trinajstić information content (AvgIpc) is 3.48. The highest BCUT2D eigenvalue weighted by Crippen LogP contribution is 2.30. The first-order chi connectivity index (χ1) is 38.1. The summed E-state index contributed by atoms with van der Waals surface area (Å²) >= 11 is 0. The van der Waals surface area contributed by atoms with Gasteiger partial charge < -0.3 is 65.1 Å². The summed E-state index contributed by atoms with van der Waals surface area (Å²) in [7, 11) is 0. The van der Waals surface area contributed by atoms with Crippen molar-refractivity contribution in [3.05, 3.63) is 36.5 Å². The van der Waals surface area contributed by atoms with Crippen LogP contribution in [0.5, 0.6) is 0 Å². The predicted octanol–water partition coefficient (Wildman–Crippen LogP) is 11.8. The molecule has 0 saturated carbocycles. The minimum absolute atomic E-state index is 0.256. The Kier molecular flexibility index (Phi) is 46.2. The number of aliphatic hydroxyl groups is 8. The molecule has 14 nitrogen and oxygen atoms in total. The van der Waals surface area contributed by atoms with Crippen LogP contribution in [0.4, 0.5) is 0 Å². The highest BCUT2D eigenvalue weighted by molar-refractivity contribution is 5.76. The maximum Gasteiger partial charge on any atom is 0.220 e. The van der Waals surface area contributed by atoms with E-state index in [0.717, 1.165) is 51.4 Å². The molecular weight excluding hydrogens is 991 g/mol. The molecule has 0 aromatic carbocycles. The summed E-state index contributed by atoms with van der Waals surface area (Å²) in [4.78, 5) is 13.2. The summed E-state index contributed by atoms with van der Waals surface area (Å²) < 4.78 is 22.8. The van der Waals surface area contributed by atoms with Gasteiger partial charge in [0.25, 0.3) is 0 Å². The number of rotatable bonds is 52. The summed E-state index contributed by atoms with van der Waals surface area (Å²) in [6, 6.07) is -0.935. The van der Waals surface area contributed by atoms with Crippen LogP contribution < -0.4 is 5.32 Å². The van der Waals surface area contributed by atoms with E-state index in [1.807, 2.05) is 6.08 Å². The Hall–Kier alpha value is -1.79. The Morgan fingerprint density at radius 3 is 1.26 bits per heavy atom. The molecule has 2 fully saturated rings. The third kappa shape index (κ3) is 34.6. The third-order valence-corrected chi connectivity index (χ3v) is 15.8. The molecule has 0 aliphatic carbocycles. The maximum atomic E-state index is 13.2. The van der Waals surface area contributed by atoms with Gasteiger partial charge in [-0.25, -0.2) is 0 Å². The van der Waals surface area contributed by atoms with Gasteiger partial charge >= 0.3 is 0 Å². The second-order valence-corrected chi connectivity index (χ2v) is 22.9. The molecule has 78 heavy (non-hydrogen) atoms. The summed E-state index contributed by atoms with van der Waals surface area (Å²) in [6.07, 6.45) is 44.9. The van der Waals surface area contributed by atoms with E-state index in [0.29, 0.717) is 12.8 Å². The Morgan fingerprint density at radius 1 is 0.449 bits per heavy atom. The molecule has 2 saturated heterocycles. The summed E-state index contributed by atoms with van der Waals surface area (Å²) in [5, 5.41) is 87.1. The quantitative estimate of drug-likeness (QED) is 0.0204. The Balaban J connectivity index is 1.71. The molecule has 0 spiro atoms. The fraction of sp³-hybridized carbons (Fsp3) is 0.891. The van der Waals surface area contributed by atoms with Gasteiger partial charge in [-0.2, -0.15) is 0 Å². The number of allylic oxidation sites excluding steroid dienone is 5. The van der Waals surface area contributed by atoms with Crippen molar-refractivity contribution in [2.24, 2.45) is 0 Å². The highest BCUT2D eigenvalue weighted by atomic mass is 16.7. The second-order valence-electron chi connectivity index (χ2n) is 22.9. The molecule has 458 valence electrons. The van der Waals surface area contributed by atoms with Gasteiger partial charge in [-0.1, -0.05) is 243 Å². The van der Waals surface area contributed by atoms with Crippen molar-refractivity contribution in [3.8, 4) is 0 Å². The van der Waals surface area contributed by atoms with Crippen LogP contribution in [0.25, 0.3) is 0 Å².